The van der Waals surface area contributed by atoms with Gasteiger partial charge in [-0.3, -0.25) is 4.72 Å². The van der Waals surface area contributed by atoms with Gasteiger partial charge in [0, 0.05) is 6.07 Å². The van der Waals surface area contributed by atoms with E-state index in [1.807, 2.05) is 4.72 Å². The molecule has 0 spiro atoms. The third kappa shape index (κ3) is 3.11. The van der Waals surface area contributed by atoms with E-state index in [0.717, 1.165) is 24.3 Å². The number of halogens is 2. The number of sulfonamides is 1. The molecule has 2 aromatic rings. The van der Waals surface area contributed by atoms with Crippen LogP contribution in [0.25, 0.3) is 0 Å². The van der Waals surface area contributed by atoms with Crippen LogP contribution in [-0.4, -0.2) is 19.5 Å². The number of carbonyl (C=O) groups is 1. The Hall–Kier alpha value is -2.00. The largest absolute Gasteiger partial charge is 0.477 e. The molecule has 1 aromatic heterocycles. The predicted molar refractivity (Wildman–Crippen MR) is 68.4 cm³/mol. The van der Waals surface area contributed by atoms with Crippen LogP contribution < -0.4 is 4.72 Å². The molecule has 0 aliphatic rings. The Labute approximate surface area is 116 Å². The van der Waals surface area contributed by atoms with Crippen LogP contribution >= 0.6 is 11.3 Å². The molecular formula is C11H7F2NO4S2. The summed E-state index contributed by atoms with van der Waals surface area (Å²) in [7, 11) is -4.09. The molecule has 0 aliphatic carbocycles. The van der Waals surface area contributed by atoms with Crippen molar-refractivity contribution in [1.29, 1.82) is 0 Å². The van der Waals surface area contributed by atoms with Crippen molar-refractivity contribution in [3.05, 3.63) is 46.8 Å². The number of nitrogens with one attached hydrogen (secondary N) is 1. The number of thiophene rings is 1. The fraction of sp³-hybridized carbons (Fsp3) is 0. The Kier molecular flexibility index (Phi) is 3.73. The smallest absolute Gasteiger partial charge is 0.345 e. The minimum absolute atomic E-state index is 0.157. The molecular weight excluding hydrogens is 312 g/mol. The van der Waals surface area contributed by atoms with Gasteiger partial charge in [-0.05, 0) is 24.3 Å². The molecule has 0 saturated heterocycles. The Morgan fingerprint density at radius 3 is 2.25 bits per heavy atom. The number of hydrogen-bond acceptors (Lipinski definition) is 4. The van der Waals surface area contributed by atoms with Gasteiger partial charge >= 0.3 is 5.97 Å². The summed E-state index contributed by atoms with van der Waals surface area (Å²) in [5, 5.41) is 8.72. The lowest BCUT2D eigenvalue weighted by molar-refractivity contribution is 0.0702. The van der Waals surface area contributed by atoms with E-state index in [1.165, 1.54) is 0 Å². The fourth-order valence-electron chi connectivity index (χ4n) is 1.40. The van der Waals surface area contributed by atoms with Crippen LogP contribution in [0.15, 0.2) is 34.5 Å². The van der Waals surface area contributed by atoms with E-state index >= 15 is 0 Å². The first kappa shape index (κ1) is 14.4. The van der Waals surface area contributed by atoms with Gasteiger partial charge in [0.05, 0.1) is 5.69 Å². The first-order valence-corrected chi connectivity index (χ1v) is 7.40. The minimum Gasteiger partial charge on any atom is -0.477 e. The summed E-state index contributed by atoms with van der Waals surface area (Å²) in [4.78, 5) is 10.5. The number of anilines is 1. The van der Waals surface area contributed by atoms with Crippen LogP contribution in [0.3, 0.4) is 0 Å². The third-order valence-electron chi connectivity index (χ3n) is 2.17. The second kappa shape index (κ2) is 5.17. The van der Waals surface area contributed by atoms with Crippen molar-refractivity contribution in [3.63, 3.8) is 0 Å². The summed E-state index contributed by atoms with van der Waals surface area (Å²) >= 11 is 0.538. The van der Waals surface area contributed by atoms with Crippen LogP contribution in [0.1, 0.15) is 9.67 Å². The second-order valence-corrected chi connectivity index (χ2v) is 6.68. The molecule has 0 bridgehead atoms. The number of carboxylic acids is 1. The van der Waals surface area contributed by atoms with Crippen molar-refractivity contribution in [3.8, 4) is 0 Å². The van der Waals surface area contributed by atoms with Crippen molar-refractivity contribution in [2.24, 2.45) is 0 Å². The molecule has 0 radical (unpaired) electrons. The van der Waals surface area contributed by atoms with Crippen molar-refractivity contribution in [1.82, 2.24) is 0 Å². The maximum Gasteiger partial charge on any atom is 0.345 e. The van der Waals surface area contributed by atoms with Crippen LogP contribution in [0, 0.1) is 11.6 Å². The summed E-state index contributed by atoms with van der Waals surface area (Å²) in [6.07, 6.45) is 0. The van der Waals surface area contributed by atoms with E-state index < -0.39 is 27.6 Å². The highest BCUT2D eigenvalue weighted by Gasteiger charge is 2.19. The monoisotopic (exact) mass is 319 g/mol. The van der Waals surface area contributed by atoms with Gasteiger partial charge < -0.3 is 5.11 Å². The average molecular weight is 319 g/mol. The molecule has 0 saturated carbocycles. The number of aromatic carboxylic acids is 1. The lowest BCUT2D eigenvalue weighted by atomic mass is 10.3. The maximum absolute atomic E-state index is 13.0. The molecule has 2 rings (SSSR count). The van der Waals surface area contributed by atoms with Gasteiger partial charge in [0.2, 0.25) is 0 Å². The van der Waals surface area contributed by atoms with Gasteiger partial charge in [0.15, 0.2) is 0 Å². The molecule has 0 atom stereocenters. The van der Waals surface area contributed by atoms with Gasteiger partial charge in [-0.1, -0.05) is 0 Å². The maximum atomic E-state index is 13.0. The topological polar surface area (TPSA) is 83.5 Å². The molecule has 106 valence electrons. The zero-order valence-electron chi connectivity index (χ0n) is 9.63. The average Bonchev–Trinajstić information content (AvgIpc) is 2.76. The lowest BCUT2D eigenvalue weighted by Gasteiger charge is -2.06. The minimum atomic E-state index is -4.09. The van der Waals surface area contributed by atoms with E-state index in [-0.39, 0.29) is 14.8 Å². The Balaban J connectivity index is 2.32. The third-order valence-corrected chi connectivity index (χ3v) is 5.12. The van der Waals surface area contributed by atoms with Crippen molar-refractivity contribution in [2.75, 3.05) is 4.72 Å². The normalized spacial score (nSPS) is 11.3. The lowest BCUT2D eigenvalue weighted by Crippen LogP contribution is -2.11. The first-order chi connectivity index (χ1) is 9.28. The molecule has 2 N–H and O–H groups in total. The van der Waals surface area contributed by atoms with E-state index in [2.05, 4.69) is 0 Å². The highest BCUT2D eigenvalue weighted by Crippen LogP contribution is 2.24. The molecule has 0 fully saturated rings. The number of hydrogen-bond donors (Lipinski definition) is 2. The molecule has 20 heavy (non-hydrogen) atoms. The fourth-order valence-corrected chi connectivity index (χ4v) is 3.58. The summed E-state index contributed by atoms with van der Waals surface area (Å²) in [6, 6.07) is 4.46. The van der Waals surface area contributed by atoms with Gasteiger partial charge in [0.1, 0.15) is 20.7 Å². The van der Waals surface area contributed by atoms with Crippen LogP contribution in [-0.2, 0) is 10.0 Å². The van der Waals surface area contributed by atoms with Crippen molar-refractivity contribution < 1.29 is 27.1 Å². The molecule has 0 unspecified atom stereocenters. The Bertz CT molecular complexity index is 750. The van der Waals surface area contributed by atoms with E-state index in [0.29, 0.717) is 17.4 Å². The van der Waals surface area contributed by atoms with Crippen LogP contribution in [0.4, 0.5) is 14.5 Å². The number of carboxylic acid groups (broad SMARTS) is 1. The number of benzene rings is 1. The summed E-state index contributed by atoms with van der Waals surface area (Å²) in [5.74, 6) is -3.12. The second-order valence-electron chi connectivity index (χ2n) is 3.69. The van der Waals surface area contributed by atoms with Crippen LogP contribution in [0.2, 0.25) is 0 Å². The van der Waals surface area contributed by atoms with E-state index in [4.69, 9.17) is 5.11 Å². The molecule has 5 nitrogen and oxygen atoms in total. The Morgan fingerprint density at radius 1 is 1.15 bits per heavy atom. The SMILES string of the molecule is O=C(O)c1ccc(S(=O)(=O)Nc2cc(F)cc(F)c2)s1. The molecule has 9 heteroatoms. The highest BCUT2D eigenvalue weighted by atomic mass is 32.2. The van der Waals surface area contributed by atoms with Gasteiger partial charge in [-0.2, -0.15) is 0 Å². The summed E-state index contributed by atoms with van der Waals surface area (Å²) < 4.78 is 51.5. The molecule has 1 aromatic carbocycles. The molecule has 1 heterocycles. The van der Waals surface area contributed by atoms with Gasteiger partial charge in [-0.25, -0.2) is 22.0 Å². The van der Waals surface area contributed by atoms with E-state index in [1.54, 1.807) is 0 Å². The van der Waals surface area contributed by atoms with Gasteiger partial charge in [0.25, 0.3) is 10.0 Å². The van der Waals surface area contributed by atoms with Gasteiger partial charge in [-0.15, -0.1) is 11.3 Å². The molecule has 0 amide bonds. The number of rotatable bonds is 4. The Morgan fingerprint density at radius 2 is 1.75 bits per heavy atom. The quantitative estimate of drug-likeness (QED) is 0.907. The van der Waals surface area contributed by atoms with Crippen molar-refractivity contribution >= 4 is 33.0 Å². The standard InChI is InChI=1S/C11H7F2NO4S2/c12-6-3-7(13)5-8(4-6)14-20(17,18)10-2-1-9(19-10)11(15)16/h1-5,14H,(H,15,16). The first-order valence-electron chi connectivity index (χ1n) is 5.10. The zero-order chi connectivity index (χ0) is 14.9. The zero-order valence-corrected chi connectivity index (χ0v) is 11.3. The summed E-state index contributed by atoms with van der Waals surface area (Å²) in [5.41, 5.74) is -0.284. The predicted octanol–water partition coefficient (Wildman–Crippen LogP) is 2.53. The highest BCUT2D eigenvalue weighted by molar-refractivity contribution is 7.94. The van der Waals surface area contributed by atoms with Crippen LogP contribution in [0.5, 0.6) is 0 Å². The van der Waals surface area contributed by atoms with E-state index in [9.17, 15) is 22.0 Å². The van der Waals surface area contributed by atoms with Crippen molar-refractivity contribution in [2.45, 2.75) is 4.21 Å². The molecule has 0 aliphatic heterocycles. The summed E-state index contributed by atoms with van der Waals surface area (Å²) in [6.45, 7) is 0.